The van der Waals surface area contributed by atoms with Crippen molar-refractivity contribution in [3.63, 3.8) is 0 Å². The number of aromatic nitrogens is 2. The van der Waals surface area contributed by atoms with Crippen LogP contribution in [0.1, 0.15) is 45.7 Å². The van der Waals surface area contributed by atoms with Gasteiger partial charge in [-0.25, -0.2) is 4.98 Å². The molecule has 3 rings (SSSR count). The quantitative estimate of drug-likeness (QED) is 0.828. The van der Waals surface area contributed by atoms with E-state index in [0.29, 0.717) is 17.7 Å². The highest BCUT2D eigenvalue weighted by Gasteiger charge is 2.33. The van der Waals surface area contributed by atoms with Crippen molar-refractivity contribution in [2.24, 2.45) is 0 Å². The van der Waals surface area contributed by atoms with Gasteiger partial charge in [0.1, 0.15) is 0 Å². The maximum Gasteiger partial charge on any atom is 0.422 e. The third-order valence-electron chi connectivity index (χ3n) is 4.46. The van der Waals surface area contributed by atoms with Crippen LogP contribution in [0.5, 0.6) is 5.88 Å². The van der Waals surface area contributed by atoms with Crippen molar-refractivity contribution < 1.29 is 22.7 Å². The molecule has 5 nitrogen and oxygen atoms in total. The SMILES string of the molecule is Cc1cc(C(C)N2Cc3c(ccnc3C)C2=O)cnc1OCC(F)(F)F. The van der Waals surface area contributed by atoms with Gasteiger partial charge in [0.2, 0.25) is 5.88 Å². The van der Waals surface area contributed by atoms with Crippen molar-refractivity contribution in [1.29, 1.82) is 0 Å². The average molecular weight is 365 g/mol. The second-order valence-electron chi connectivity index (χ2n) is 6.33. The first-order chi connectivity index (χ1) is 12.2. The summed E-state index contributed by atoms with van der Waals surface area (Å²) in [5, 5.41) is 0. The molecule has 0 saturated heterocycles. The number of ether oxygens (including phenoxy) is 1. The number of aryl methyl sites for hydroxylation is 2. The maximum absolute atomic E-state index is 12.7. The van der Waals surface area contributed by atoms with Gasteiger partial charge in [-0.2, -0.15) is 13.2 Å². The number of nitrogens with zero attached hydrogens (tertiary/aromatic N) is 3. The molecule has 2 aromatic heterocycles. The summed E-state index contributed by atoms with van der Waals surface area (Å²) in [6, 6.07) is 3.12. The Morgan fingerprint density at radius 1 is 1.31 bits per heavy atom. The fourth-order valence-electron chi connectivity index (χ4n) is 3.00. The maximum atomic E-state index is 12.7. The zero-order chi connectivity index (χ0) is 19.1. The van der Waals surface area contributed by atoms with Crippen LogP contribution in [0.3, 0.4) is 0 Å². The number of alkyl halides is 3. The van der Waals surface area contributed by atoms with Crippen LogP contribution in [-0.2, 0) is 6.54 Å². The van der Waals surface area contributed by atoms with Crippen LogP contribution in [0.2, 0.25) is 0 Å². The molecular formula is C18H18F3N3O2. The Bertz CT molecular complexity index is 852. The Balaban J connectivity index is 1.79. The van der Waals surface area contributed by atoms with Crippen molar-refractivity contribution in [2.75, 3.05) is 6.61 Å². The summed E-state index contributed by atoms with van der Waals surface area (Å²) in [5.74, 6) is -0.151. The van der Waals surface area contributed by atoms with Crippen LogP contribution in [-0.4, -0.2) is 33.6 Å². The molecule has 8 heteroatoms. The lowest BCUT2D eigenvalue weighted by Gasteiger charge is -2.25. The van der Waals surface area contributed by atoms with E-state index in [1.54, 1.807) is 30.2 Å². The van der Waals surface area contributed by atoms with Crippen LogP contribution in [0.4, 0.5) is 13.2 Å². The second-order valence-corrected chi connectivity index (χ2v) is 6.33. The number of carbonyl (C=O) groups is 1. The number of rotatable bonds is 4. The van der Waals surface area contributed by atoms with Crippen molar-refractivity contribution in [3.05, 3.63) is 52.5 Å². The lowest BCUT2D eigenvalue weighted by molar-refractivity contribution is -0.154. The summed E-state index contributed by atoms with van der Waals surface area (Å²) in [5.41, 5.74) is 3.57. The van der Waals surface area contributed by atoms with E-state index in [1.807, 2.05) is 13.8 Å². The standard InChI is InChI=1S/C18H18F3N3O2/c1-10-6-13(7-23-16(10)26-9-18(19,20)21)12(3)24-8-15-11(2)22-5-4-14(15)17(24)25/h4-7,12H,8-9H2,1-3H3. The van der Waals surface area contributed by atoms with Crippen LogP contribution >= 0.6 is 0 Å². The molecule has 0 spiro atoms. The highest BCUT2D eigenvalue weighted by Crippen LogP contribution is 2.33. The first kappa shape index (κ1) is 18.2. The minimum absolute atomic E-state index is 0.0608. The number of hydrogen-bond donors (Lipinski definition) is 0. The Labute approximate surface area is 148 Å². The van der Waals surface area contributed by atoms with Crippen LogP contribution < -0.4 is 4.74 Å². The summed E-state index contributed by atoms with van der Waals surface area (Å²) in [4.78, 5) is 22.6. The first-order valence-electron chi connectivity index (χ1n) is 8.09. The molecule has 1 amide bonds. The van der Waals surface area contributed by atoms with Gasteiger partial charge in [-0.1, -0.05) is 0 Å². The summed E-state index contributed by atoms with van der Waals surface area (Å²) in [6.45, 7) is 4.41. The molecule has 0 aromatic carbocycles. The largest absolute Gasteiger partial charge is 0.468 e. The summed E-state index contributed by atoms with van der Waals surface area (Å²) in [6.07, 6.45) is -1.36. The monoisotopic (exact) mass is 365 g/mol. The van der Waals surface area contributed by atoms with Gasteiger partial charge in [-0.3, -0.25) is 9.78 Å². The molecule has 0 bridgehead atoms. The number of hydrogen-bond acceptors (Lipinski definition) is 4. The molecule has 2 aromatic rings. The summed E-state index contributed by atoms with van der Waals surface area (Å²) in [7, 11) is 0. The van der Waals surface area contributed by atoms with E-state index in [4.69, 9.17) is 4.74 Å². The van der Waals surface area contributed by atoms with Crippen molar-refractivity contribution >= 4 is 5.91 Å². The van der Waals surface area contributed by atoms with E-state index < -0.39 is 12.8 Å². The number of pyridine rings is 2. The molecule has 1 atom stereocenters. The van der Waals surface area contributed by atoms with Gasteiger partial charge >= 0.3 is 6.18 Å². The van der Waals surface area contributed by atoms with E-state index in [-0.39, 0.29) is 17.8 Å². The third kappa shape index (κ3) is 3.49. The van der Waals surface area contributed by atoms with Crippen LogP contribution in [0.25, 0.3) is 0 Å². The topological polar surface area (TPSA) is 55.3 Å². The normalized spacial score (nSPS) is 15.2. The smallest absolute Gasteiger partial charge is 0.422 e. The summed E-state index contributed by atoms with van der Waals surface area (Å²) < 4.78 is 41.6. The van der Waals surface area contributed by atoms with Crippen LogP contribution in [0.15, 0.2) is 24.5 Å². The minimum atomic E-state index is -4.42. The van der Waals surface area contributed by atoms with Gasteiger partial charge < -0.3 is 9.64 Å². The van der Waals surface area contributed by atoms with Crippen molar-refractivity contribution in [3.8, 4) is 5.88 Å². The van der Waals surface area contributed by atoms with Crippen LogP contribution in [0, 0.1) is 13.8 Å². The number of fused-ring (bicyclic) bond motifs is 1. The molecule has 0 N–H and O–H groups in total. The first-order valence-corrected chi connectivity index (χ1v) is 8.09. The molecule has 1 aliphatic rings. The molecule has 1 aliphatic heterocycles. The fourth-order valence-corrected chi connectivity index (χ4v) is 3.00. The lowest BCUT2D eigenvalue weighted by Crippen LogP contribution is -2.27. The van der Waals surface area contributed by atoms with Gasteiger partial charge in [-0.05, 0) is 38.5 Å². The average Bonchev–Trinajstić information content (AvgIpc) is 2.91. The van der Waals surface area contributed by atoms with E-state index in [9.17, 15) is 18.0 Å². The fraction of sp³-hybridized carbons (Fsp3) is 0.389. The van der Waals surface area contributed by atoms with Gasteiger partial charge in [-0.15, -0.1) is 0 Å². The Morgan fingerprint density at radius 2 is 2.04 bits per heavy atom. The summed E-state index contributed by atoms with van der Waals surface area (Å²) >= 11 is 0. The van der Waals surface area contributed by atoms with E-state index in [2.05, 4.69) is 9.97 Å². The van der Waals surface area contributed by atoms with Gasteiger partial charge in [0, 0.05) is 41.3 Å². The molecule has 0 saturated carbocycles. The molecule has 0 fully saturated rings. The predicted molar refractivity (Wildman–Crippen MR) is 87.8 cm³/mol. The molecule has 0 radical (unpaired) electrons. The highest BCUT2D eigenvalue weighted by molar-refractivity contribution is 5.98. The molecule has 26 heavy (non-hydrogen) atoms. The second kappa shape index (κ2) is 6.59. The van der Waals surface area contributed by atoms with Gasteiger partial charge in [0.15, 0.2) is 6.61 Å². The molecule has 3 heterocycles. The minimum Gasteiger partial charge on any atom is -0.468 e. The number of halogens is 3. The lowest BCUT2D eigenvalue weighted by atomic mass is 10.1. The Kier molecular flexibility index (Phi) is 4.60. The van der Waals surface area contributed by atoms with Crippen molar-refractivity contribution in [2.45, 2.75) is 39.5 Å². The zero-order valence-corrected chi connectivity index (χ0v) is 14.6. The highest BCUT2D eigenvalue weighted by atomic mass is 19.4. The van der Waals surface area contributed by atoms with E-state index in [1.165, 1.54) is 6.20 Å². The molecule has 1 unspecified atom stereocenters. The van der Waals surface area contributed by atoms with E-state index in [0.717, 1.165) is 16.8 Å². The predicted octanol–water partition coefficient (Wildman–Crippen LogP) is 3.75. The van der Waals surface area contributed by atoms with E-state index >= 15 is 0 Å². The Hall–Kier alpha value is -2.64. The van der Waals surface area contributed by atoms with Gasteiger partial charge in [0.05, 0.1) is 6.04 Å². The number of amides is 1. The molecular weight excluding hydrogens is 347 g/mol. The van der Waals surface area contributed by atoms with Crippen molar-refractivity contribution in [1.82, 2.24) is 14.9 Å². The molecule has 0 aliphatic carbocycles. The third-order valence-corrected chi connectivity index (χ3v) is 4.46. The number of carbonyl (C=O) groups excluding carboxylic acids is 1. The Morgan fingerprint density at radius 3 is 2.65 bits per heavy atom. The zero-order valence-electron chi connectivity index (χ0n) is 14.6. The van der Waals surface area contributed by atoms with Gasteiger partial charge in [0.25, 0.3) is 5.91 Å². The molecule has 138 valence electrons.